The van der Waals surface area contributed by atoms with Crippen molar-refractivity contribution in [1.29, 1.82) is 0 Å². The first-order valence-electron chi connectivity index (χ1n) is 6.36. The first kappa shape index (κ1) is 14.5. The van der Waals surface area contributed by atoms with Gasteiger partial charge < -0.3 is 14.6 Å². The van der Waals surface area contributed by atoms with E-state index in [2.05, 4.69) is 10.3 Å². The summed E-state index contributed by atoms with van der Waals surface area (Å²) in [7, 11) is -0.422. The number of carbonyl (C=O) groups excluding carboxylic acids is 1. The number of hydrogen-bond donors (Lipinski definition) is 1. The molecule has 0 radical (unpaired) electrons. The van der Waals surface area contributed by atoms with Crippen LogP contribution < -0.4 is 10.1 Å². The van der Waals surface area contributed by atoms with Crippen molar-refractivity contribution >= 4 is 34.3 Å². The summed E-state index contributed by atoms with van der Waals surface area (Å²) in [5.74, 6) is -0.0465. The number of nitrogens with zero attached hydrogens (tertiary/aromatic N) is 1. The molecule has 1 saturated heterocycles. The first-order valence-corrected chi connectivity index (χ1v) is 7.18. The fourth-order valence-electron chi connectivity index (χ4n) is 1.62. The molecule has 0 aliphatic carbocycles. The second kappa shape index (κ2) is 4.88. The zero-order valence-electron chi connectivity index (χ0n) is 11.9. The van der Waals surface area contributed by atoms with Crippen LogP contribution in [0.1, 0.15) is 41.0 Å². The zero-order chi connectivity index (χ0) is 14.3. The summed E-state index contributed by atoms with van der Waals surface area (Å²) >= 11 is 1.38. The fourth-order valence-corrected chi connectivity index (χ4v) is 2.41. The molecular weight excluding hydrogens is 263 g/mol. The highest BCUT2D eigenvalue weighted by Gasteiger charge is 2.52. The largest absolute Gasteiger partial charge is 0.507 e. The van der Waals surface area contributed by atoms with Crippen LogP contribution in [-0.2, 0) is 14.1 Å². The van der Waals surface area contributed by atoms with E-state index < -0.39 is 7.12 Å². The Morgan fingerprint density at radius 2 is 1.95 bits per heavy atom. The third-order valence-electron chi connectivity index (χ3n) is 3.58. The Bertz CT molecular complexity index is 471. The van der Waals surface area contributed by atoms with Crippen LogP contribution in [0.5, 0.6) is 0 Å². The summed E-state index contributed by atoms with van der Waals surface area (Å²) < 4.78 is 12.7. The van der Waals surface area contributed by atoms with Crippen molar-refractivity contribution in [3.63, 3.8) is 0 Å². The van der Waals surface area contributed by atoms with Crippen LogP contribution >= 0.6 is 11.3 Å². The van der Waals surface area contributed by atoms with E-state index in [1.165, 1.54) is 11.3 Å². The van der Waals surface area contributed by atoms with Crippen LogP contribution in [0, 0.1) is 0 Å². The lowest BCUT2D eigenvalue weighted by atomic mass is 9.89. The van der Waals surface area contributed by atoms with Crippen molar-refractivity contribution < 1.29 is 14.1 Å². The summed E-state index contributed by atoms with van der Waals surface area (Å²) in [5.41, 5.74) is -0.733. The molecule has 1 aliphatic rings. The molecule has 7 heteroatoms. The number of hydrogen-bond acceptors (Lipinski definition) is 5. The molecule has 2 rings (SSSR count). The number of thiazole rings is 1. The summed E-state index contributed by atoms with van der Waals surface area (Å²) in [6.07, 6.45) is 2.13. The molecule has 0 spiro atoms. The minimum atomic E-state index is -0.422. The average molecular weight is 282 g/mol. The van der Waals surface area contributed by atoms with Gasteiger partial charge in [0.2, 0.25) is 5.91 Å². The van der Waals surface area contributed by atoms with Crippen LogP contribution in [0.2, 0.25) is 0 Å². The molecule has 1 aliphatic heterocycles. The van der Waals surface area contributed by atoms with Gasteiger partial charge in [-0.3, -0.25) is 4.79 Å². The average Bonchev–Trinajstić information content (AvgIpc) is 2.82. The van der Waals surface area contributed by atoms with Crippen molar-refractivity contribution in [2.45, 2.75) is 52.2 Å². The third-order valence-corrected chi connectivity index (χ3v) is 4.51. The predicted molar refractivity (Wildman–Crippen MR) is 76.8 cm³/mol. The highest BCUT2D eigenvalue weighted by Crippen LogP contribution is 2.36. The number of anilines is 1. The van der Waals surface area contributed by atoms with Crippen LogP contribution in [0.3, 0.4) is 0 Å². The maximum Gasteiger partial charge on any atom is 0.507 e. The summed E-state index contributed by atoms with van der Waals surface area (Å²) in [4.78, 5) is 15.5. The van der Waals surface area contributed by atoms with Gasteiger partial charge in [0.05, 0.1) is 16.0 Å². The van der Waals surface area contributed by atoms with Crippen molar-refractivity contribution in [1.82, 2.24) is 4.98 Å². The van der Waals surface area contributed by atoms with E-state index in [4.69, 9.17) is 9.31 Å². The SMILES string of the molecule is CCC(=O)Nc1ncc(B2OC(C)(C)C(C)(C)O2)s1. The first-order chi connectivity index (χ1) is 8.75. The van der Waals surface area contributed by atoms with Gasteiger partial charge in [-0.25, -0.2) is 4.98 Å². The smallest absolute Gasteiger partial charge is 0.399 e. The molecule has 0 saturated carbocycles. The van der Waals surface area contributed by atoms with E-state index in [0.29, 0.717) is 11.6 Å². The van der Waals surface area contributed by atoms with Crippen LogP contribution in [-0.4, -0.2) is 29.2 Å². The Balaban J connectivity index is 2.11. The lowest BCUT2D eigenvalue weighted by Crippen LogP contribution is -2.41. The van der Waals surface area contributed by atoms with Crippen molar-refractivity contribution in [3.05, 3.63) is 6.20 Å². The number of carbonyl (C=O) groups is 1. The summed E-state index contributed by atoms with van der Waals surface area (Å²) in [6, 6.07) is 0. The highest BCUT2D eigenvalue weighted by molar-refractivity contribution is 7.25. The number of amides is 1. The molecule has 19 heavy (non-hydrogen) atoms. The molecule has 1 amide bonds. The van der Waals surface area contributed by atoms with Gasteiger partial charge in [-0.05, 0) is 27.7 Å². The van der Waals surface area contributed by atoms with Gasteiger partial charge in [0.25, 0.3) is 0 Å². The Labute approximate surface area is 117 Å². The van der Waals surface area contributed by atoms with Crippen molar-refractivity contribution in [2.24, 2.45) is 0 Å². The molecule has 1 fully saturated rings. The highest BCUT2D eigenvalue weighted by atomic mass is 32.1. The molecule has 1 aromatic rings. The van der Waals surface area contributed by atoms with Gasteiger partial charge in [-0.2, -0.15) is 0 Å². The third kappa shape index (κ3) is 2.83. The van der Waals surface area contributed by atoms with E-state index in [0.717, 1.165) is 4.78 Å². The van der Waals surface area contributed by atoms with Gasteiger partial charge in [-0.15, -0.1) is 11.3 Å². The lowest BCUT2D eigenvalue weighted by molar-refractivity contribution is -0.115. The minimum Gasteiger partial charge on any atom is -0.399 e. The summed E-state index contributed by atoms with van der Waals surface area (Å²) in [5, 5.41) is 3.31. The Morgan fingerprint density at radius 3 is 2.47 bits per heavy atom. The monoisotopic (exact) mass is 282 g/mol. The molecule has 0 unspecified atom stereocenters. The van der Waals surface area contributed by atoms with Crippen molar-refractivity contribution in [2.75, 3.05) is 5.32 Å². The maximum atomic E-state index is 11.3. The maximum absolute atomic E-state index is 11.3. The molecule has 104 valence electrons. The van der Waals surface area contributed by atoms with Crippen molar-refractivity contribution in [3.8, 4) is 0 Å². The van der Waals surface area contributed by atoms with Gasteiger partial charge in [0, 0.05) is 12.6 Å². The molecule has 2 heterocycles. The fraction of sp³-hybridized carbons (Fsp3) is 0.667. The van der Waals surface area contributed by atoms with Gasteiger partial charge >= 0.3 is 7.12 Å². The van der Waals surface area contributed by atoms with Gasteiger partial charge in [0.15, 0.2) is 5.13 Å². The van der Waals surface area contributed by atoms with E-state index in [1.807, 2.05) is 27.7 Å². The van der Waals surface area contributed by atoms with Crippen LogP contribution in [0.15, 0.2) is 6.20 Å². The molecule has 1 N–H and O–H groups in total. The van der Waals surface area contributed by atoms with E-state index in [-0.39, 0.29) is 17.1 Å². The quantitative estimate of drug-likeness (QED) is 0.859. The molecule has 5 nitrogen and oxygen atoms in total. The minimum absolute atomic E-state index is 0.0465. The van der Waals surface area contributed by atoms with Gasteiger partial charge in [0.1, 0.15) is 0 Å². The molecule has 1 aromatic heterocycles. The lowest BCUT2D eigenvalue weighted by Gasteiger charge is -2.32. The number of aromatic nitrogens is 1. The molecule has 0 atom stereocenters. The second-order valence-corrected chi connectivity index (χ2v) is 6.62. The Morgan fingerprint density at radius 1 is 1.37 bits per heavy atom. The number of rotatable bonds is 3. The topological polar surface area (TPSA) is 60.5 Å². The Hall–Kier alpha value is -0.915. The standard InChI is InChI=1S/C12H19BN2O3S/c1-6-9(16)15-10-14-7-8(19-10)13-17-11(2,3)12(4,5)18-13/h7H,6H2,1-5H3,(H,14,15,16). The normalized spacial score (nSPS) is 20.6. The van der Waals surface area contributed by atoms with Gasteiger partial charge in [-0.1, -0.05) is 6.92 Å². The van der Waals surface area contributed by atoms with E-state index in [1.54, 1.807) is 13.1 Å². The predicted octanol–water partition coefficient (Wildman–Crippen LogP) is 1.79. The zero-order valence-corrected chi connectivity index (χ0v) is 12.8. The molecule has 0 aromatic carbocycles. The van der Waals surface area contributed by atoms with E-state index in [9.17, 15) is 4.79 Å². The van der Waals surface area contributed by atoms with Crippen LogP contribution in [0.25, 0.3) is 0 Å². The van der Waals surface area contributed by atoms with Crippen LogP contribution in [0.4, 0.5) is 5.13 Å². The van der Waals surface area contributed by atoms with E-state index >= 15 is 0 Å². The second-order valence-electron chi connectivity index (χ2n) is 5.56. The molecular formula is C12H19BN2O3S. The Kier molecular flexibility index (Phi) is 3.73. The molecule has 0 bridgehead atoms. The summed E-state index contributed by atoms with van der Waals surface area (Å²) in [6.45, 7) is 9.83. The number of nitrogens with one attached hydrogen (secondary N) is 1.